The third-order valence-corrected chi connectivity index (χ3v) is 4.63. The lowest BCUT2D eigenvalue weighted by Gasteiger charge is -2.33. The Bertz CT molecular complexity index is 681. The van der Waals surface area contributed by atoms with Crippen LogP contribution in [0, 0.1) is 0 Å². The molecule has 148 valence electrons. The van der Waals surface area contributed by atoms with Gasteiger partial charge >= 0.3 is 0 Å². The summed E-state index contributed by atoms with van der Waals surface area (Å²) in [6.07, 6.45) is 0. The predicted molar refractivity (Wildman–Crippen MR) is 109 cm³/mol. The Morgan fingerprint density at radius 1 is 1.04 bits per heavy atom. The first-order valence-electron chi connectivity index (χ1n) is 9.26. The maximum absolute atomic E-state index is 13.8. The van der Waals surface area contributed by atoms with E-state index in [1.807, 2.05) is 55.5 Å². The maximum Gasteiger partial charge on any atom is 0.161 e. The molecule has 3 rings (SSSR count). The van der Waals surface area contributed by atoms with Crippen molar-refractivity contribution in [3.63, 3.8) is 0 Å². The number of halogens is 2. The highest BCUT2D eigenvalue weighted by molar-refractivity contribution is 5.85. The number of nitrogens with zero attached hydrogens (tertiary/aromatic N) is 1. The van der Waals surface area contributed by atoms with Crippen LogP contribution in [-0.2, 0) is 6.61 Å². The molecule has 4 nitrogen and oxygen atoms in total. The lowest BCUT2D eigenvalue weighted by molar-refractivity contribution is 0.147. The van der Waals surface area contributed by atoms with Crippen molar-refractivity contribution in [2.24, 2.45) is 0 Å². The van der Waals surface area contributed by atoms with Crippen LogP contribution >= 0.6 is 12.4 Å². The summed E-state index contributed by atoms with van der Waals surface area (Å²) in [5.74, 6) is 1.37. The van der Waals surface area contributed by atoms with E-state index in [0.717, 1.165) is 37.3 Å². The molecule has 0 aromatic heterocycles. The van der Waals surface area contributed by atoms with Crippen LogP contribution in [0.25, 0.3) is 0 Å². The fourth-order valence-electron chi connectivity index (χ4n) is 3.25. The van der Waals surface area contributed by atoms with Gasteiger partial charge in [-0.3, -0.25) is 4.90 Å². The first-order chi connectivity index (χ1) is 12.8. The van der Waals surface area contributed by atoms with Crippen LogP contribution in [0.3, 0.4) is 0 Å². The summed E-state index contributed by atoms with van der Waals surface area (Å²) in [7, 11) is 0. The zero-order valence-electron chi connectivity index (χ0n) is 15.7. The Morgan fingerprint density at radius 3 is 2.44 bits per heavy atom. The zero-order valence-corrected chi connectivity index (χ0v) is 16.5. The van der Waals surface area contributed by atoms with Gasteiger partial charge in [-0.1, -0.05) is 36.4 Å². The molecule has 0 unspecified atom stereocenters. The van der Waals surface area contributed by atoms with Crippen LogP contribution in [0.4, 0.5) is 4.39 Å². The molecule has 0 saturated carbocycles. The van der Waals surface area contributed by atoms with Gasteiger partial charge in [-0.05, 0) is 30.2 Å². The van der Waals surface area contributed by atoms with Gasteiger partial charge in [-0.2, -0.15) is 0 Å². The minimum absolute atomic E-state index is 0. The van der Waals surface area contributed by atoms with E-state index >= 15 is 0 Å². The van der Waals surface area contributed by atoms with Gasteiger partial charge in [0.25, 0.3) is 0 Å². The number of nitrogens with one attached hydrogen (secondary N) is 1. The fraction of sp³-hybridized carbons (Fsp3) is 0.429. The monoisotopic (exact) mass is 394 g/mol. The van der Waals surface area contributed by atoms with Crippen LogP contribution in [0.1, 0.15) is 24.1 Å². The molecule has 2 aromatic carbocycles. The Morgan fingerprint density at radius 2 is 1.78 bits per heavy atom. The molecule has 2 aromatic rings. The van der Waals surface area contributed by atoms with Crippen LogP contribution in [0.2, 0.25) is 0 Å². The van der Waals surface area contributed by atoms with E-state index < -0.39 is 6.67 Å². The highest BCUT2D eigenvalue weighted by atomic mass is 35.5. The SMILES string of the molecule is CCOc1cc([C@H](CF)N2CCNCC2)ccc1OCc1ccccc1.Cl. The predicted octanol–water partition coefficient (Wildman–Crippen LogP) is 4.00. The van der Waals surface area contributed by atoms with Gasteiger partial charge in [0.15, 0.2) is 11.5 Å². The zero-order chi connectivity index (χ0) is 18.2. The highest BCUT2D eigenvalue weighted by Crippen LogP contribution is 2.33. The largest absolute Gasteiger partial charge is 0.490 e. The van der Waals surface area contributed by atoms with Crippen molar-refractivity contribution in [3.05, 3.63) is 59.7 Å². The Kier molecular flexibility index (Phi) is 8.85. The van der Waals surface area contributed by atoms with Gasteiger partial charge in [-0.15, -0.1) is 12.4 Å². The number of ether oxygens (including phenoxy) is 2. The average Bonchev–Trinajstić information content (AvgIpc) is 2.70. The molecule has 1 saturated heterocycles. The Hall–Kier alpha value is -1.82. The van der Waals surface area contributed by atoms with Crippen LogP contribution in [0.5, 0.6) is 11.5 Å². The van der Waals surface area contributed by atoms with E-state index in [2.05, 4.69) is 10.2 Å². The standard InChI is InChI=1S/C21H27FN2O2.ClH/c1-2-25-21-14-18(19(15-22)24-12-10-23-11-13-24)8-9-20(21)26-16-17-6-4-3-5-7-17;/h3-9,14,19,23H,2,10-13,15-16H2,1H3;1H/t19-;/m0./s1. The molecule has 0 spiro atoms. The number of rotatable bonds is 8. The Balaban J connectivity index is 0.00000261. The quantitative estimate of drug-likeness (QED) is 0.733. The van der Waals surface area contributed by atoms with E-state index in [4.69, 9.17) is 9.47 Å². The van der Waals surface area contributed by atoms with Crippen molar-refractivity contribution in [1.82, 2.24) is 10.2 Å². The van der Waals surface area contributed by atoms with Crippen LogP contribution in [-0.4, -0.2) is 44.4 Å². The minimum Gasteiger partial charge on any atom is -0.490 e. The summed E-state index contributed by atoms with van der Waals surface area (Å²) in [5.41, 5.74) is 2.03. The first-order valence-corrected chi connectivity index (χ1v) is 9.26. The van der Waals surface area contributed by atoms with Gasteiger partial charge in [0, 0.05) is 26.2 Å². The van der Waals surface area contributed by atoms with Crippen molar-refractivity contribution in [3.8, 4) is 11.5 Å². The summed E-state index contributed by atoms with van der Waals surface area (Å²) < 4.78 is 25.5. The summed E-state index contributed by atoms with van der Waals surface area (Å²) in [5, 5.41) is 3.31. The van der Waals surface area contributed by atoms with Crippen molar-refractivity contribution >= 4 is 12.4 Å². The molecule has 0 aliphatic carbocycles. The van der Waals surface area contributed by atoms with Crippen molar-refractivity contribution in [2.75, 3.05) is 39.5 Å². The molecule has 6 heteroatoms. The number of alkyl halides is 1. The molecule has 27 heavy (non-hydrogen) atoms. The second kappa shape index (κ2) is 11.1. The number of hydrogen-bond acceptors (Lipinski definition) is 4. The number of benzene rings is 2. The summed E-state index contributed by atoms with van der Waals surface area (Å²) in [6.45, 7) is 6.05. The second-order valence-corrected chi connectivity index (χ2v) is 6.37. The molecule has 1 heterocycles. The fourth-order valence-corrected chi connectivity index (χ4v) is 3.25. The van der Waals surface area contributed by atoms with Gasteiger partial charge in [0.05, 0.1) is 12.6 Å². The minimum atomic E-state index is -0.407. The molecule has 1 aliphatic rings. The third-order valence-electron chi connectivity index (χ3n) is 4.63. The third kappa shape index (κ3) is 5.83. The topological polar surface area (TPSA) is 33.7 Å². The van der Waals surface area contributed by atoms with Crippen molar-refractivity contribution in [2.45, 2.75) is 19.6 Å². The van der Waals surface area contributed by atoms with Gasteiger partial charge in [0.2, 0.25) is 0 Å². The van der Waals surface area contributed by atoms with Crippen molar-refractivity contribution in [1.29, 1.82) is 0 Å². The van der Waals surface area contributed by atoms with E-state index in [9.17, 15) is 4.39 Å². The average molecular weight is 395 g/mol. The van der Waals surface area contributed by atoms with Gasteiger partial charge in [-0.25, -0.2) is 4.39 Å². The lowest BCUT2D eigenvalue weighted by atomic mass is 10.0. The molecular formula is C21H28ClFN2O2. The molecule has 1 N–H and O–H groups in total. The van der Waals surface area contributed by atoms with Crippen LogP contribution in [0.15, 0.2) is 48.5 Å². The smallest absolute Gasteiger partial charge is 0.161 e. The van der Waals surface area contributed by atoms with Gasteiger partial charge < -0.3 is 14.8 Å². The Labute approximate surface area is 167 Å². The number of piperazine rings is 1. The van der Waals surface area contributed by atoms with E-state index in [0.29, 0.717) is 24.7 Å². The highest BCUT2D eigenvalue weighted by Gasteiger charge is 2.23. The molecule has 1 aliphatic heterocycles. The lowest BCUT2D eigenvalue weighted by Crippen LogP contribution is -2.45. The van der Waals surface area contributed by atoms with E-state index in [1.54, 1.807) is 0 Å². The summed E-state index contributed by atoms with van der Waals surface area (Å²) >= 11 is 0. The summed E-state index contributed by atoms with van der Waals surface area (Å²) in [6, 6.07) is 15.6. The normalized spacial score (nSPS) is 15.6. The molecule has 0 radical (unpaired) electrons. The number of hydrogen-bond donors (Lipinski definition) is 1. The maximum atomic E-state index is 13.8. The van der Waals surface area contributed by atoms with Crippen molar-refractivity contribution < 1.29 is 13.9 Å². The second-order valence-electron chi connectivity index (χ2n) is 6.37. The van der Waals surface area contributed by atoms with Crippen LogP contribution < -0.4 is 14.8 Å². The molecule has 0 bridgehead atoms. The summed E-state index contributed by atoms with van der Waals surface area (Å²) in [4.78, 5) is 2.19. The first kappa shape index (κ1) is 21.5. The van der Waals surface area contributed by atoms with E-state index in [1.165, 1.54) is 0 Å². The van der Waals surface area contributed by atoms with Gasteiger partial charge in [0.1, 0.15) is 13.3 Å². The molecule has 1 atom stereocenters. The molecular weight excluding hydrogens is 367 g/mol. The van der Waals surface area contributed by atoms with E-state index in [-0.39, 0.29) is 18.4 Å². The molecule has 1 fully saturated rings. The molecule has 0 amide bonds.